The van der Waals surface area contributed by atoms with Crippen LogP contribution in [0.4, 0.5) is 4.39 Å². The minimum atomic E-state index is -0.322. The van der Waals surface area contributed by atoms with Crippen LogP contribution in [0.5, 0.6) is 0 Å². The predicted molar refractivity (Wildman–Crippen MR) is 23.7 cm³/mol. The van der Waals surface area contributed by atoms with E-state index in [1.807, 2.05) is 5.92 Å². The monoisotopic (exact) mass is 84.0 g/mol. The summed E-state index contributed by atoms with van der Waals surface area (Å²) in [6.07, 6.45) is 5.73. The summed E-state index contributed by atoms with van der Waals surface area (Å²) in [5.41, 5.74) is 0. The lowest BCUT2D eigenvalue weighted by Gasteiger charge is -1.68. The lowest BCUT2D eigenvalue weighted by atomic mass is 10.5. The molecule has 0 aromatic heterocycles. The van der Waals surface area contributed by atoms with Crippen LogP contribution in [-0.2, 0) is 0 Å². The highest BCUT2D eigenvalue weighted by Gasteiger charge is 1.70. The van der Waals surface area contributed by atoms with Crippen LogP contribution in [0.15, 0.2) is 11.9 Å². The summed E-state index contributed by atoms with van der Waals surface area (Å²) < 4.78 is 11.4. The quantitative estimate of drug-likeness (QED) is 0.390. The van der Waals surface area contributed by atoms with Crippen molar-refractivity contribution < 1.29 is 4.39 Å². The molecule has 0 radical (unpaired) electrons. The molecule has 0 saturated carbocycles. The number of rotatable bonds is 0. The van der Waals surface area contributed by atoms with E-state index < -0.39 is 0 Å². The predicted octanol–water partition coefficient (Wildman–Crippen LogP) is 1.49. The van der Waals surface area contributed by atoms with Crippen LogP contribution in [0, 0.1) is 12.3 Å². The van der Waals surface area contributed by atoms with Crippen LogP contribution < -0.4 is 0 Å². The van der Waals surface area contributed by atoms with E-state index in [0.717, 1.165) is 6.08 Å². The standard InChI is InChI=1S/C5H5F/c1-3-4-5(2)6/h1,4H,2H3/b5-4+. The maximum absolute atomic E-state index is 11.4. The molecule has 0 unspecified atom stereocenters. The fourth-order valence-corrected chi connectivity index (χ4v) is 0.115. The van der Waals surface area contributed by atoms with Crippen LogP contribution in [0.2, 0.25) is 0 Å². The van der Waals surface area contributed by atoms with Crippen LogP contribution in [-0.4, -0.2) is 0 Å². The van der Waals surface area contributed by atoms with E-state index in [9.17, 15) is 4.39 Å². The van der Waals surface area contributed by atoms with Gasteiger partial charge >= 0.3 is 0 Å². The summed E-state index contributed by atoms with van der Waals surface area (Å²) in [5.74, 6) is 1.71. The number of halogens is 1. The molecular formula is C5H5F. The van der Waals surface area contributed by atoms with Gasteiger partial charge in [0.05, 0.1) is 0 Å². The molecule has 0 saturated heterocycles. The van der Waals surface area contributed by atoms with Crippen LogP contribution >= 0.6 is 0 Å². The molecule has 0 amide bonds. The van der Waals surface area contributed by atoms with Gasteiger partial charge in [0.25, 0.3) is 0 Å². The van der Waals surface area contributed by atoms with Crippen LogP contribution in [0.3, 0.4) is 0 Å². The molecule has 0 aromatic carbocycles. The molecule has 0 fully saturated rings. The van der Waals surface area contributed by atoms with Gasteiger partial charge in [0.1, 0.15) is 5.83 Å². The zero-order chi connectivity index (χ0) is 4.99. The van der Waals surface area contributed by atoms with E-state index in [2.05, 4.69) is 6.42 Å². The van der Waals surface area contributed by atoms with Gasteiger partial charge in [-0.05, 0) is 6.92 Å². The first-order chi connectivity index (χ1) is 2.77. The zero-order valence-electron chi connectivity index (χ0n) is 3.53. The van der Waals surface area contributed by atoms with Gasteiger partial charge in [0, 0.05) is 6.08 Å². The summed E-state index contributed by atoms with van der Waals surface area (Å²) in [6, 6.07) is 0. The number of terminal acetylenes is 1. The van der Waals surface area contributed by atoms with Gasteiger partial charge in [-0.15, -0.1) is 6.42 Å². The molecule has 0 spiro atoms. The second-order valence-corrected chi connectivity index (χ2v) is 0.898. The Labute approximate surface area is 36.7 Å². The van der Waals surface area contributed by atoms with E-state index in [4.69, 9.17) is 0 Å². The second kappa shape index (κ2) is 2.47. The maximum Gasteiger partial charge on any atom is 0.105 e. The fourth-order valence-electron chi connectivity index (χ4n) is 0.115. The Morgan fingerprint density at radius 1 is 2.00 bits per heavy atom. The lowest BCUT2D eigenvalue weighted by Crippen LogP contribution is -1.52. The molecule has 0 heterocycles. The Morgan fingerprint density at radius 2 is 2.50 bits per heavy atom. The van der Waals surface area contributed by atoms with E-state index in [0.29, 0.717) is 0 Å². The molecule has 0 atom stereocenters. The van der Waals surface area contributed by atoms with Gasteiger partial charge in [-0.2, -0.15) is 0 Å². The highest BCUT2D eigenvalue weighted by atomic mass is 19.1. The largest absolute Gasteiger partial charge is 0.211 e. The van der Waals surface area contributed by atoms with Crippen LogP contribution in [0.1, 0.15) is 6.92 Å². The molecule has 6 heavy (non-hydrogen) atoms. The summed E-state index contributed by atoms with van der Waals surface area (Å²) in [4.78, 5) is 0. The molecule has 0 aliphatic heterocycles. The minimum Gasteiger partial charge on any atom is -0.211 e. The van der Waals surface area contributed by atoms with Crippen molar-refractivity contribution >= 4 is 0 Å². The van der Waals surface area contributed by atoms with Gasteiger partial charge in [0.2, 0.25) is 0 Å². The molecule has 0 rings (SSSR count). The molecule has 1 heteroatoms. The SMILES string of the molecule is C#C/C=C(\C)F. The average molecular weight is 84.1 g/mol. The minimum absolute atomic E-state index is 0.322. The Hall–Kier alpha value is -0.770. The van der Waals surface area contributed by atoms with Gasteiger partial charge in [-0.25, -0.2) is 4.39 Å². The van der Waals surface area contributed by atoms with Crippen LogP contribution in [0.25, 0.3) is 0 Å². The summed E-state index contributed by atoms with van der Waals surface area (Å²) >= 11 is 0. The third-order valence-electron chi connectivity index (χ3n) is 0.282. The normalized spacial score (nSPS) is 10.5. The Morgan fingerprint density at radius 3 is 2.50 bits per heavy atom. The van der Waals surface area contributed by atoms with E-state index in [1.165, 1.54) is 6.92 Å². The number of allylic oxidation sites excluding steroid dienone is 2. The molecular weight excluding hydrogens is 79.1 g/mol. The third-order valence-corrected chi connectivity index (χ3v) is 0.282. The lowest BCUT2D eigenvalue weighted by molar-refractivity contribution is 0.641. The van der Waals surface area contributed by atoms with Gasteiger partial charge < -0.3 is 0 Å². The van der Waals surface area contributed by atoms with Crippen molar-refractivity contribution in [3.8, 4) is 12.3 Å². The first kappa shape index (κ1) is 5.23. The average Bonchev–Trinajstić information content (AvgIpc) is 1.35. The zero-order valence-corrected chi connectivity index (χ0v) is 3.53. The Balaban J connectivity index is 3.51. The molecule has 0 aromatic rings. The number of hydrogen-bond acceptors (Lipinski definition) is 0. The fraction of sp³-hybridized carbons (Fsp3) is 0.200. The van der Waals surface area contributed by atoms with Gasteiger partial charge in [-0.1, -0.05) is 5.92 Å². The second-order valence-electron chi connectivity index (χ2n) is 0.898. The van der Waals surface area contributed by atoms with Crippen molar-refractivity contribution in [1.29, 1.82) is 0 Å². The molecule has 0 aliphatic rings. The molecule has 0 bridgehead atoms. The first-order valence-corrected chi connectivity index (χ1v) is 1.56. The highest BCUT2D eigenvalue weighted by Crippen LogP contribution is 1.87. The third kappa shape index (κ3) is 3.23. The van der Waals surface area contributed by atoms with E-state index in [1.54, 1.807) is 0 Å². The van der Waals surface area contributed by atoms with E-state index >= 15 is 0 Å². The van der Waals surface area contributed by atoms with E-state index in [-0.39, 0.29) is 5.83 Å². The highest BCUT2D eigenvalue weighted by molar-refractivity contribution is 5.10. The molecule has 0 aliphatic carbocycles. The van der Waals surface area contributed by atoms with Crippen molar-refractivity contribution in [2.45, 2.75) is 6.92 Å². The summed E-state index contributed by atoms with van der Waals surface area (Å²) in [5, 5.41) is 0. The van der Waals surface area contributed by atoms with Gasteiger partial charge in [0.15, 0.2) is 0 Å². The Bertz CT molecular complexity index is 91.0. The smallest absolute Gasteiger partial charge is 0.105 e. The summed E-state index contributed by atoms with van der Waals surface area (Å²) in [7, 11) is 0. The molecule has 32 valence electrons. The Kier molecular flexibility index (Phi) is 2.15. The van der Waals surface area contributed by atoms with Crippen molar-refractivity contribution in [3.05, 3.63) is 11.9 Å². The van der Waals surface area contributed by atoms with Crippen molar-refractivity contribution in [2.75, 3.05) is 0 Å². The first-order valence-electron chi connectivity index (χ1n) is 1.56. The summed E-state index contributed by atoms with van der Waals surface area (Å²) in [6.45, 7) is 1.31. The van der Waals surface area contributed by atoms with Crippen molar-refractivity contribution in [3.63, 3.8) is 0 Å². The van der Waals surface area contributed by atoms with Crippen molar-refractivity contribution in [2.24, 2.45) is 0 Å². The van der Waals surface area contributed by atoms with Crippen molar-refractivity contribution in [1.82, 2.24) is 0 Å². The molecule has 0 nitrogen and oxygen atoms in total. The topological polar surface area (TPSA) is 0 Å². The van der Waals surface area contributed by atoms with Gasteiger partial charge in [-0.3, -0.25) is 0 Å². The number of hydrogen-bond donors (Lipinski definition) is 0. The molecule has 0 N–H and O–H groups in total. The maximum atomic E-state index is 11.4.